The molecule has 4 aromatic rings. The van der Waals surface area contributed by atoms with Crippen molar-refractivity contribution in [2.75, 3.05) is 5.32 Å². The fourth-order valence-electron chi connectivity index (χ4n) is 2.83. The molecule has 7 nitrogen and oxygen atoms in total. The van der Waals surface area contributed by atoms with Gasteiger partial charge in [0.2, 0.25) is 5.91 Å². The molecule has 7 heteroatoms. The van der Waals surface area contributed by atoms with Crippen LogP contribution in [-0.4, -0.2) is 31.1 Å². The predicted octanol–water partition coefficient (Wildman–Crippen LogP) is 3.74. The number of amides is 1. The van der Waals surface area contributed by atoms with E-state index in [-0.39, 0.29) is 5.91 Å². The third-order valence-corrected chi connectivity index (χ3v) is 4.20. The molecule has 2 N–H and O–H groups in total. The molecule has 4 heterocycles. The van der Waals surface area contributed by atoms with Gasteiger partial charge in [-0.25, -0.2) is 4.98 Å². The summed E-state index contributed by atoms with van der Waals surface area (Å²) >= 11 is 0. The van der Waals surface area contributed by atoms with Gasteiger partial charge in [0.15, 0.2) is 0 Å². The van der Waals surface area contributed by atoms with Crippen LogP contribution < -0.4 is 5.32 Å². The van der Waals surface area contributed by atoms with Gasteiger partial charge in [-0.05, 0) is 37.3 Å². The molecule has 1 amide bonds. The number of anilines is 1. The summed E-state index contributed by atoms with van der Waals surface area (Å²) in [5.41, 5.74) is 6.26. The van der Waals surface area contributed by atoms with E-state index < -0.39 is 0 Å². The Hall–Kier alpha value is -3.61. The van der Waals surface area contributed by atoms with Crippen molar-refractivity contribution in [3.8, 4) is 22.6 Å². The molecule has 0 saturated heterocycles. The first-order valence-corrected chi connectivity index (χ1v) is 8.68. The first-order valence-electron chi connectivity index (χ1n) is 8.68. The van der Waals surface area contributed by atoms with E-state index >= 15 is 0 Å². The molecule has 134 valence electrons. The van der Waals surface area contributed by atoms with Crippen LogP contribution in [0.15, 0.2) is 48.8 Å². The molecule has 4 aromatic heterocycles. The summed E-state index contributed by atoms with van der Waals surface area (Å²) in [4.78, 5) is 25.3. The molecule has 0 bridgehead atoms. The van der Waals surface area contributed by atoms with Gasteiger partial charge >= 0.3 is 0 Å². The molecule has 0 aliphatic heterocycles. The van der Waals surface area contributed by atoms with Crippen molar-refractivity contribution in [1.29, 1.82) is 0 Å². The van der Waals surface area contributed by atoms with Crippen LogP contribution in [0.5, 0.6) is 0 Å². The monoisotopic (exact) mass is 358 g/mol. The fourth-order valence-corrected chi connectivity index (χ4v) is 2.83. The van der Waals surface area contributed by atoms with Crippen molar-refractivity contribution >= 4 is 22.6 Å². The van der Waals surface area contributed by atoms with Crippen molar-refractivity contribution in [2.45, 2.75) is 20.3 Å². The Balaban J connectivity index is 1.76. The highest BCUT2D eigenvalue weighted by Gasteiger charge is 2.13. The summed E-state index contributed by atoms with van der Waals surface area (Å²) in [6.45, 7) is 3.76. The largest absolute Gasteiger partial charge is 0.325 e. The van der Waals surface area contributed by atoms with Crippen molar-refractivity contribution in [3.63, 3.8) is 0 Å². The Kier molecular flexibility index (Phi) is 4.33. The molecule has 0 atom stereocenters. The van der Waals surface area contributed by atoms with Crippen LogP contribution in [0.2, 0.25) is 0 Å². The third-order valence-electron chi connectivity index (χ3n) is 4.20. The minimum absolute atomic E-state index is 0.0602. The first kappa shape index (κ1) is 16.8. The van der Waals surface area contributed by atoms with E-state index in [0.717, 1.165) is 33.9 Å². The maximum Gasteiger partial charge on any atom is 0.224 e. The summed E-state index contributed by atoms with van der Waals surface area (Å²) in [6, 6.07) is 11.5. The number of hydrogen-bond acceptors (Lipinski definition) is 5. The van der Waals surface area contributed by atoms with Crippen LogP contribution in [0.25, 0.3) is 33.7 Å². The number of nitrogens with zero attached hydrogens (tertiary/aromatic N) is 4. The number of fused-ring (bicyclic) bond motifs is 1. The Labute approximate surface area is 155 Å². The van der Waals surface area contributed by atoms with Crippen LogP contribution >= 0.6 is 0 Å². The highest BCUT2D eigenvalue weighted by molar-refractivity contribution is 5.92. The maximum atomic E-state index is 11.6. The summed E-state index contributed by atoms with van der Waals surface area (Å²) in [7, 11) is 0. The van der Waals surface area contributed by atoms with E-state index in [2.05, 4.69) is 25.5 Å². The van der Waals surface area contributed by atoms with E-state index in [0.29, 0.717) is 17.6 Å². The van der Waals surface area contributed by atoms with Gasteiger partial charge in [-0.15, -0.1) is 0 Å². The SMILES string of the molecule is CCC(=O)Nc1cnc2ccc(-c3cn[nH]c3-c3cccc(C)n3)nc2c1. The molecular weight excluding hydrogens is 340 g/mol. The van der Waals surface area contributed by atoms with Crippen molar-refractivity contribution in [1.82, 2.24) is 25.1 Å². The Bertz CT molecular complexity index is 1130. The molecule has 0 aliphatic rings. The number of pyridine rings is 3. The van der Waals surface area contributed by atoms with E-state index in [1.807, 2.05) is 43.3 Å². The van der Waals surface area contributed by atoms with Crippen molar-refractivity contribution in [2.24, 2.45) is 0 Å². The van der Waals surface area contributed by atoms with Crippen molar-refractivity contribution < 1.29 is 4.79 Å². The Morgan fingerprint density at radius 1 is 1.07 bits per heavy atom. The average molecular weight is 358 g/mol. The fraction of sp³-hybridized carbons (Fsp3) is 0.150. The zero-order valence-corrected chi connectivity index (χ0v) is 15.0. The lowest BCUT2D eigenvalue weighted by atomic mass is 10.1. The standard InChI is InChI=1S/C20H18N6O/c1-3-19(27)24-13-9-18-16(21-10-13)8-7-15(25-18)14-11-22-26-20(14)17-6-4-5-12(2)23-17/h4-11H,3H2,1-2H3,(H,22,26)(H,24,27). The topological polar surface area (TPSA) is 96.5 Å². The predicted molar refractivity (Wildman–Crippen MR) is 104 cm³/mol. The summed E-state index contributed by atoms with van der Waals surface area (Å²) in [5.74, 6) is -0.0602. The van der Waals surface area contributed by atoms with E-state index in [4.69, 9.17) is 4.98 Å². The second-order valence-electron chi connectivity index (χ2n) is 6.18. The number of rotatable bonds is 4. The number of aromatic nitrogens is 5. The Morgan fingerprint density at radius 3 is 2.78 bits per heavy atom. The summed E-state index contributed by atoms with van der Waals surface area (Å²) in [5, 5.41) is 10.0. The number of aromatic amines is 1. The molecule has 0 saturated carbocycles. The van der Waals surface area contributed by atoms with Gasteiger partial charge in [0.1, 0.15) is 0 Å². The second kappa shape index (κ2) is 6.95. The van der Waals surface area contributed by atoms with Crippen LogP contribution in [0.4, 0.5) is 5.69 Å². The average Bonchev–Trinajstić information content (AvgIpc) is 3.17. The molecule has 4 rings (SSSR count). The van der Waals surface area contributed by atoms with Gasteiger partial charge in [-0.2, -0.15) is 5.10 Å². The van der Waals surface area contributed by atoms with Gasteiger partial charge < -0.3 is 5.32 Å². The minimum Gasteiger partial charge on any atom is -0.325 e. The van der Waals surface area contributed by atoms with Gasteiger partial charge in [0.05, 0.1) is 46.2 Å². The summed E-state index contributed by atoms with van der Waals surface area (Å²) < 4.78 is 0. The third kappa shape index (κ3) is 3.39. The normalized spacial score (nSPS) is 10.9. The second-order valence-corrected chi connectivity index (χ2v) is 6.18. The lowest BCUT2D eigenvalue weighted by Gasteiger charge is -2.07. The number of carbonyl (C=O) groups is 1. The van der Waals surface area contributed by atoms with Gasteiger partial charge in [-0.3, -0.25) is 19.9 Å². The first-order chi connectivity index (χ1) is 13.1. The molecule has 0 radical (unpaired) electrons. The van der Waals surface area contributed by atoms with Crippen LogP contribution in [0.1, 0.15) is 19.0 Å². The molecule has 0 aliphatic carbocycles. The van der Waals surface area contributed by atoms with E-state index in [1.165, 1.54) is 0 Å². The van der Waals surface area contributed by atoms with Crippen LogP contribution in [-0.2, 0) is 4.79 Å². The number of nitrogens with one attached hydrogen (secondary N) is 2. The quantitative estimate of drug-likeness (QED) is 0.579. The van der Waals surface area contributed by atoms with E-state index in [9.17, 15) is 4.79 Å². The zero-order valence-electron chi connectivity index (χ0n) is 15.0. The smallest absolute Gasteiger partial charge is 0.224 e. The molecule has 0 spiro atoms. The molecular formula is C20H18N6O. The molecule has 0 fully saturated rings. The molecule has 27 heavy (non-hydrogen) atoms. The minimum atomic E-state index is -0.0602. The lowest BCUT2D eigenvalue weighted by molar-refractivity contribution is -0.115. The highest BCUT2D eigenvalue weighted by Crippen LogP contribution is 2.29. The molecule has 0 unspecified atom stereocenters. The van der Waals surface area contributed by atoms with Crippen LogP contribution in [0, 0.1) is 6.92 Å². The Morgan fingerprint density at radius 2 is 1.96 bits per heavy atom. The van der Waals surface area contributed by atoms with Crippen LogP contribution in [0.3, 0.4) is 0 Å². The summed E-state index contributed by atoms with van der Waals surface area (Å²) in [6.07, 6.45) is 3.79. The highest BCUT2D eigenvalue weighted by atomic mass is 16.1. The van der Waals surface area contributed by atoms with Gasteiger partial charge in [-0.1, -0.05) is 13.0 Å². The molecule has 0 aromatic carbocycles. The van der Waals surface area contributed by atoms with E-state index in [1.54, 1.807) is 19.3 Å². The van der Waals surface area contributed by atoms with Gasteiger partial charge in [0.25, 0.3) is 0 Å². The van der Waals surface area contributed by atoms with Crippen molar-refractivity contribution in [3.05, 3.63) is 54.5 Å². The number of aryl methyl sites for hydroxylation is 1. The number of hydrogen-bond donors (Lipinski definition) is 2. The number of H-pyrrole nitrogens is 1. The van der Waals surface area contributed by atoms with Gasteiger partial charge in [0, 0.05) is 17.7 Å². The maximum absolute atomic E-state index is 11.6. The lowest BCUT2D eigenvalue weighted by Crippen LogP contribution is -2.09. The zero-order chi connectivity index (χ0) is 18.8. The number of carbonyl (C=O) groups excluding carboxylic acids is 1.